The van der Waals surface area contributed by atoms with Crippen molar-refractivity contribution in [2.75, 3.05) is 16.0 Å². The molecule has 0 aliphatic carbocycles. The van der Waals surface area contributed by atoms with Crippen molar-refractivity contribution in [1.29, 1.82) is 10.5 Å². The second kappa shape index (κ2) is 16.9. The normalized spacial score (nSPS) is 11.6. The third-order valence-corrected chi connectivity index (χ3v) is 10.8. The maximum absolute atomic E-state index is 11.7. The third-order valence-electron chi connectivity index (χ3n) is 8.09. The molecule has 2 heterocycles. The van der Waals surface area contributed by atoms with Crippen LogP contribution in [0.25, 0.3) is 11.1 Å². The van der Waals surface area contributed by atoms with Gasteiger partial charge in [0.15, 0.2) is 16.6 Å². The van der Waals surface area contributed by atoms with Crippen LogP contribution in [-0.2, 0) is 25.0 Å². The summed E-state index contributed by atoms with van der Waals surface area (Å²) >= 11 is 1.02. The summed E-state index contributed by atoms with van der Waals surface area (Å²) in [6.07, 6.45) is 0. The topological polar surface area (TPSA) is 272 Å². The molecule has 6 aromatic rings. The van der Waals surface area contributed by atoms with Crippen LogP contribution in [0.4, 0.5) is 50.1 Å². The monoisotopic (exact) mass is 832 g/mol. The largest absolute Gasteiger partial charge is 0.339 e. The second-order valence-electron chi connectivity index (χ2n) is 12.1. The number of carbonyl (C=O) groups excluding carboxylic acids is 1. The van der Waals surface area contributed by atoms with E-state index in [0.717, 1.165) is 35.6 Å². The van der Waals surface area contributed by atoms with Crippen LogP contribution in [0.3, 0.4) is 0 Å². The summed E-state index contributed by atoms with van der Waals surface area (Å²) in [6, 6.07) is 30.0. The Morgan fingerprint density at radius 1 is 0.672 bits per heavy atom. The van der Waals surface area contributed by atoms with Crippen LogP contribution in [0.1, 0.15) is 23.6 Å². The van der Waals surface area contributed by atoms with Gasteiger partial charge in [-0.3, -0.25) is 13.9 Å². The van der Waals surface area contributed by atoms with Crippen molar-refractivity contribution in [2.24, 2.45) is 20.5 Å². The number of carbonyl (C=O) groups is 1. The summed E-state index contributed by atoms with van der Waals surface area (Å²) in [5.74, 6) is -0.227. The maximum Gasteiger partial charge on any atom is 0.294 e. The number of rotatable bonds is 12. The van der Waals surface area contributed by atoms with E-state index in [1.54, 1.807) is 55.5 Å². The molecular weight excluding hydrogens is 805 g/mol. The molecular formula is C38H28N10O7S3. The van der Waals surface area contributed by atoms with Gasteiger partial charge in [-0.15, -0.1) is 20.5 Å². The van der Waals surface area contributed by atoms with E-state index in [1.165, 1.54) is 31.2 Å². The number of aromatic nitrogens is 1. The molecule has 4 aromatic carbocycles. The van der Waals surface area contributed by atoms with Crippen molar-refractivity contribution >= 4 is 87.6 Å². The molecule has 0 spiro atoms. The number of pyridine rings is 1. The first-order chi connectivity index (χ1) is 27.6. The smallest absolute Gasteiger partial charge is 0.294 e. The van der Waals surface area contributed by atoms with E-state index in [-0.39, 0.29) is 54.7 Å². The van der Waals surface area contributed by atoms with Crippen molar-refractivity contribution in [3.63, 3.8) is 0 Å². The molecule has 1 amide bonds. The Balaban J connectivity index is 1.48. The quantitative estimate of drug-likeness (QED) is 0.0569. The highest BCUT2D eigenvalue weighted by molar-refractivity contribution is 7.86. The zero-order chi connectivity index (χ0) is 41.6. The number of nitriles is 2. The number of hydrogen-bond donors (Lipinski definition) is 5. The van der Waals surface area contributed by atoms with E-state index in [1.807, 2.05) is 6.07 Å². The fourth-order valence-electron chi connectivity index (χ4n) is 5.36. The lowest BCUT2D eigenvalue weighted by molar-refractivity contribution is -0.114. The van der Waals surface area contributed by atoms with Crippen LogP contribution in [0, 0.1) is 29.6 Å². The van der Waals surface area contributed by atoms with Gasteiger partial charge in [-0.25, -0.2) is 4.98 Å². The van der Waals surface area contributed by atoms with Gasteiger partial charge in [0.2, 0.25) is 5.91 Å². The Hall–Kier alpha value is -7.20. The van der Waals surface area contributed by atoms with Gasteiger partial charge in [-0.05, 0) is 85.3 Å². The molecule has 20 heteroatoms. The summed E-state index contributed by atoms with van der Waals surface area (Å²) < 4.78 is 65.4. The average Bonchev–Trinajstić information content (AvgIpc) is 3.54. The highest BCUT2D eigenvalue weighted by Crippen LogP contribution is 2.48. The Kier molecular flexibility index (Phi) is 11.8. The van der Waals surface area contributed by atoms with E-state index in [4.69, 9.17) is 0 Å². The van der Waals surface area contributed by atoms with Gasteiger partial charge < -0.3 is 16.0 Å². The number of hydrogen-bond acceptors (Lipinski definition) is 15. The van der Waals surface area contributed by atoms with Crippen molar-refractivity contribution in [1.82, 2.24) is 4.98 Å². The van der Waals surface area contributed by atoms with E-state index in [0.29, 0.717) is 38.9 Å². The average molecular weight is 833 g/mol. The molecule has 6 rings (SSSR count). The van der Waals surface area contributed by atoms with E-state index >= 15 is 0 Å². The number of amides is 1. The highest BCUT2D eigenvalue weighted by Gasteiger charge is 2.23. The van der Waals surface area contributed by atoms with Crippen molar-refractivity contribution in [3.8, 4) is 23.3 Å². The Labute approximate surface area is 335 Å². The van der Waals surface area contributed by atoms with Gasteiger partial charge >= 0.3 is 0 Å². The predicted molar refractivity (Wildman–Crippen MR) is 216 cm³/mol. The van der Waals surface area contributed by atoms with Gasteiger partial charge in [-0.2, -0.15) is 27.4 Å². The third kappa shape index (κ3) is 9.42. The Morgan fingerprint density at radius 3 is 1.71 bits per heavy atom. The van der Waals surface area contributed by atoms with Gasteiger partial charge in [0, 0.05) is 35.1 Å². The van der Waals surface area contributed by atoms with Crippen LogP contribution in [-0.4, -0.2) is 36.8 Å². The molecule has 0 atom stereocenters. The van der Waals surface area contributed by atoms with Crippen LogP contribution >= 0.6 is 11.3 Å². The van der Waals surface area contributed by atoms with Gasteiger partial charge in [-0.1, -0.05) is 41.7 Å². The van der Waals surface area contributed by atoms with Crippen molar-refractivity contribution in [3.05, 3.63) is 120 Å². The fraction of sp³-hybridized carbons (Fsp3) is 0.0526. The Bertz CT molecular complexity index is 2910. The number of nitrogens with one attached hydrogen (secondary N) is 3. The molecule has 0 radical (unpaired) electrons. The Morgan fingerprint density at radius 2 is 1.19 bits per heavy atom. The maximum atomic E-state index is 11.7. The zero-order valence-corrected chi connectivity index (χ0v) is 32.6. The minimum Gasteiger partial charge on any atom is -0.339 e. The van der Waals surface area contributed by atoms with Crippen LogP contribution in [0.15, 0.2) is 133 Å². The van der Waals surface area contributed by atoms with Crippen molar-refractivity contribution < 1.29 is 30.7 Å². The van der Waals surface area contributed by atoms with Crippen LogP contribution < -0.4 is 16.0 Å². The predicted octanol–water partition coefficient (Wildman–Crippen LogP) is 9.63. The molecule has 0 bridgehead atoms. The summed E-state index contributed by atoms with van der Waals surface area (Å²) in [5.41, 5.74) is 3.11. The lowest BCUT2D eigenvalue weighted by atomic mass is 10.0. The molecule has 0 aliphatic rings. The summed E-state index contributed by atoms with van der Waals surface area (Å²) in [7, 11) is -8.97. The highest BCUT2D eigenvalue weighted by atomic mass is 32.2. The summed E-state index contributed by atoms with van der Waals surface area (Å²) in [6.45, 7) is 2.96. The molecule has 2 aromatic heterocycles. The molecule has 0 saturated heterocycles. The number of nitrogens with zero attached hydrogens (tertiary/aromatic N) is 7. The lowest BCUT2D eigenvalue weighted by Gasteiger charge is -2.16. The first-order valence-electron chi connectivity index (χ1n) is 16.6. The molecule has 0 saturated carbocycles. The minimum absolute atomic E-state index is 0.0121. The van der Waals surface area contributed by atoms with Crippen LogP contribution in [0.5, 0.6) is 0 Å². The first-order valence-corrected chi connectivity index (χ1v) is 20.3. The standard InChI is InChI=1S/C38H28N10O7S3/c1-22-31(20-39)35(42-26-12-16-29(17-13-26)57(50,51)52)44-36(43-27-14-18-30(19-15-27)58(53,54)55)34(22)46-47-37-32(21-40)33(24-8-10-25(11-9-24)41-23(2)49)38(56-37)48-45-28-6-4-3-5-7-28/h3-19H,1-2H3,(H,41,49)(H2,42,43,44)(H,50,51,52)(H,53,54,55). The molecule has 290 valence electrons. The molecule has 5 N–H and O–H groups in total. The molecule has 0 aliphatic heterocycles. The van der Waals surface area contributed by atoms with Gasteiger partial charge in [0.1, 0.15) is 28.4 Å². The summed E-state index contributed by atoms with van der Waals surface area (Å²) in [4.78, 5) is 15.5. The number of benzene rings is 4. The number of thiophene rings is 1. The SMILES string of the molecule is CC(=O)Nc1ccc(-c2c(N=Nc3ccccc3)sc(N=Nc3c(Nc4ccc(S(=O)(=O)O)cc4)nc(Nc4ccc(S(=O)(=O)O)cc4)c(C#N)c3C)c2C#N)cc1. The second-order valence-corrected chi connectivity index (χ2v) is 15.9. The van der Waals surface area contributed by atoms with Crippen molar-refractivity contribution in [2.45, 2.75) is 23.6 Å². The fourth-order valence-corrected chi connectivity index (χ4v) is 7.24. The van der Waals surface area contributed by atoms with E-state index in [9.17, 15) is 41.3 Å². The molecule has 58 heavy (non-hydrogen) atoms. The first kappa shape index (κ1) is 40.5. The van der Waals surface area contributed by atoms with E-state index < -0.39 is 20.2 Å². The zero-order valence-electron chi connectivity index (χ0n) is 30.1. The van der Waals surface area contributed by atoms with Crippen LogP contribution in [0.2, 0.25) is 0 Å². The van der Waals surface area contributed by atoms with Gasteiger partial charge in [0.05, 0.1) is 21.0 Å². The number of azo groups is 2. The molecule has 0 unspecified atom stereocenters. The summed E-state index contributed by atoms with van der Waals surface area (Å²) in [5, 5.41) is 47.7. The minimum atomic E-state index is -4.50. The number of anilines is 5. The lowest BCUT2D eigenvalue weighted by Crippen LogP contribution is -2.05. The van der Waals surface area contributed by atoms with E-state index in [2.05, 4.69) is 53.5 Å². The van der Waals surface area contributed by atoms with Gasteiger partial charge in [0.25, 0.3) is 20.2 Å². The molecule has 17 nitrogen and oxygen atoms in total. The molecule has 0 fully saturated rings.